The van der Waals surface area contributed by atoms with Crippen LogP contribution in [0.2, 0.25) is 0 Å². The zero-order chi connectivity index (χ0) is 19.9. The number of urea groups is 1. The summed E-state index contributed by atoms with van der Waals surface area (Å²) in [7, 11) is 0. The summed E-state index contributed by atoms with van der Waals surface area (Å²) in [6, 6.07) is 5.70. The number of benzene rings is 1. The molecule has 0 aliphatic carbocycles. The van der Waals surface area contributed by atoms with Crippen LogP contribution in [-0.2, 0) is 4.79 Å². The summed E-state index contributed by atoms with van der Waals surface area (Å²) in [6.45, 7) is 9.61. The maximum absolute atomic E-state index is 12.7. The van der Waals surface area contributed by atoms with E-state index in [1.54, 1.807) is 4.90 Å². The number of hydrogen-bond acceptors (Lipinski definition) is 4. The second-order valence-corrected chi connectivity index (χ2v) is 7.63. The second-order valence-electron chi connectivity index (χ2n) is 7.63. The third kappa shape index (κ3) is 5.38. The molecule has 28 heavy (non-hydrogen) atoms. The van der Waals surface area contributed by atoms with Crippen LogP contribution in [0.25, 0.3) is 0 Å². The lowest BCUT2D eigenvalue weighted by molar-refractivity contribution is -0.131. The molecule has 0 unspecified atom stereocenters. The molecule has 2 saturated heterocycles. The summed E-state index contributed by atoms with van der Waals surface area (Å²) in [5, 5.41) is 2.99. The quantitative estimate of drug-likeness (QED) is 0.813. The van der Waals surface area contributed by atoms with Gasteiger partial charge in [-0.25, -0.2) is 4.79 Å². The maximum Gasteiger partial charge on any atom is 0.322 e. The van der Waals surface area contributed by atoms with Gasteiger partial charge in [-0.05, 0) is 43.9 Å². The van der Waals surface area contributed by atoms with Crippen molar-refractivity contribution in [3.8, 4) is 5.75 Å². The SMILES string of the molecule is CCCOc1cc(C)ccc1NC(=O)N1CCN(CC(=O)N2CCCC2)CC1. The van der Waals surface area contributed by atoms with Crippen molar-refractivity contribution in [2.75, 3.05) is 57.7 Å². The molecule has 0 atom stereocenters. The van der Waals surface area contributed by atoms with E-state index in [4.69, 9.17) is 4.74 Å². The van der Waals surface area contributed by atoms with Crippen LogP contribution in [0, 0.1) is 6.92 Å². The molecule has 154 valence electrons. The van der Waals surface area contributed by atoms with Crippen molar-refractivity contribution in [1.82, 2.24) is 14.7 Å². The van der Waals surface area contributed by atoms with E-state index < -0.39 is 0 Å². The molecule has 0 radical (unpaired) electrons. The van der Waals surface area contributed by atoms with Gasteiger partial charge in [0.2, 0.25) is 5.91 Å². The van der Waals surface area contributed by atoms with Crippen LogP contribution < -0.4 is 10.1 Å². The molecule has 0 saturated carbocycles. The molecule has 2 aliphatic heterocycles. The van der Waals surface area contributed by atoms with E-state index in [1.807, 2.05) is 30.0 Å². The summed E-state index contributed by atoms with van der Waals surface area (Å²) >= 11 is 0. The fraction of sp³-hybridized carbons (Fsp3) is 0.619. The smallest absolute Gasteiger partial charge is 0.322 e. The van der Waals surface area contributed by atoms with Crippen LogP contribution in [0.15, 0.2) is 18.2 Å². The van der Waals surface area contributed by atoms with Crippen molar-refractivity contribution < 1.29 is 14.3 Å². The molecule has 3 amide bonds. The molecule has 1 aromatic carbocycles. The van der Waals surface area contributed by atoms with Crippen molar-refractivity contribution >= 4 is 17.6 Å². The Bertz CT molecular complexity index is 680. The number of carbonyl (C=O) groups excluding carboxylic acids is 2. The highest BCUT2D eigenvalue weighted by Gasteiger charge is 2.25. The number of amides is 3. The highest BCUT2D eigenvalue weighted by Crippen LogP contribution is 2.26. The molecule has 0 bridgehead atoms. The van der Waals surface area contributed by atoms with Crippen molar-refractivity contribution in [2.24, 2.45) is 0 Å². The Hall–Kier alpha value is -2.28. The molecule has 2 heterocycles. The zero-order valence-corrected chi connectivity index (χ0v) is 17.1. The van der Waals surface area contributed by atoms with Crippen molar-refractivity contribution in [2.45, 2.75) is 33.1 Å². The first kappa shape index (κ1) is 20.5. The van der Waals surface area contributed by atoms with Gasteiger partial charge >= 0.3 is 6.03 Å². The highest BCUT2D eigenvalue weighted by molar-refractivity contribution is 5.91. The van der Waals surface area contributed by atoms with Gasteiger partial charge in [-0.15, -0.1) is 0 Å². The van der Waals surface area contributed by atoms with Crippen molar-refractivity contribution in [3.05, 3.63) is 23.8 Å². The van der Waals surface area contributed by atoms with Gasteiger partial charge in [-0.2, -0.15) is 0 Å². The number of aryl methyl sites for hydroxylation is 1. The van der Waals surface area contributed by atoms with Gasteiger partial charge in [0.15, 0.2) is 0 Å². The first-order valence-corrected chi connectivity index (χ1v) is 10.4. The molecule has 7 nitrogen and oxygen atoms in total. The van der Waals surface area contributed by atoms with Gasteiger partial charge in [0.1, 0.15) is 5.75 Å². The maximum atomic E-state index is 12.7. The standard InChI is InChI=1S/C21H32N4O3/c1-3-14-28-19-15-17(2)6-7-18(19)22-21(27)25-12-10-23(11-13-25)16-20(26)24-8-4-5-9-24/h6-7,15H,3-5,8-14,16H2,1-2H3,(H,22,27). The number of likely N-dealkylation sites (tertiary alicyclic amines) is 1. The minimum absolute atomic E-state index is 0.115. The number of anilines is 1. The van der Waals surface area contributed by atoms with Gasteiger partial charge < -0.3 is 19.9 Å². The van der Waals surface area contributed by atoms with E-state index in [9.17, 15) is 9.59 Å². The molecule has 3 rings (SSSR count). The minimum Gasteiger partial charge on any atom is -0.491 e. The Kier molecular flexibility index (Phi) is 7.14. The van der Waals surface area contributed by atoms with Crippen LogP contribution in [-0.4, -0.2) is 79.1 Å². The number of nitrogens with one attached hydrogen (secondary N) is 1. The summed E-state index contributed by atoms with van der Waals surface area (Å²) in [4.78, 5) is 30.9. The Morgan fingerprint density at radius 2 is 1.75 bits per heavy atom. The Morgan fingerprint density at radius 1 is 1.04 bits per heavy atom. The second kappa shape index (κ2) is 9.78. The largest absolute Gasteiger partial charge is 0.491 e. The van der Waals surface area contributed by atoms with Crippen LogP contribution in [0.4, 0.5) is 10.5 Å². The molecule has 1 N–H and O–H groups in total. The van der Waals surface area contributed by atoms with Crippen LogP contribution in [0.3, 0.4) is 0 Å². The van der Waals surface area contributed by atoms with Gasteiger partial charge in [0, 0.05) is 39.3 Å². The van der Waals surface area contributed by atoms with Crippen molar-refractivity contribution in [3.63, 3.8) is 0 Å². The van der Waals surface area contributed by atoms with Crippen molar-refractivity contribution in [1.29, 1.82) is 0 Å². The summed E-state index contributed by atoms with van der Waals surface area (Å²) in [5.41, 5.74) is 1.80. The van der Waals surface area contributed by atoms with E-state index in [0.29, 0.717) is 37.7 Å². The summed E-state index contributed by atoms with van der Waals surface area (Å²) < 4.78 is 5.78. The van der Waals surface area contributed by atoms with E-state index in [1.165, 1.54) is 0 Å². The third-order valence-electron chi connectivity index (χ3n) is 5.32. The van der Waals surface area contributed by atoms with Gasteiger partial charge in [-0.1, -0.05) is 13.0 Å². The normalized spacial score (nSPS) is 17.6. The lowest BCUT2D eigenvalue weighted by Gasteiger charge is -2.35. The zero-order valence-electron chi connectivity index (χ0n) is 17.1. The van der Waals surface area contributed by atoms with E-state index in [0.717, 1.165) is 51.0 Å². The fourth-order valence-electron chi connectivity index (χ4n) is 3.63. The van der Waals surface area contributed by atoms with Gasteiger partial charge in [-0.3, -0.25) is 9.69 Å². The van der Waals surface area contributed by atoms with Gasteiger partial charge in [0.05, 0.1) is 18.8 Å². The molecular weight excluding hydrogens is 356 g/mol. The van der Waals surface area contributed by atoms with E-state index in [-0.39, 0.29) is 11.9 Å². The third-order valence-corrected chi connectivity index (χ3v) is 5.32. The monoisotopic (exact) mass is 388 g/mol. The van der Waals surface area contributed by atoms with Gasteiger partial charge in [0.25, 0.3) is 0 Å². The Balaban J connectivity index is 1.49. The molecule has 7 heteroatoms. The molecule has 0 spiro atoms. The number of ether oxygens (including phenoxy) is 1. The fourth-order valence-corrected chi connectivity index (χ4v) is 3.63. The Morgan fingerprint density at radius 3 is 2.43 bits per heavy atom. The summed E-state index contributed by atoms with van der Waals surface area (Å²) in [5.74, 6) is 0.929. The molecular formula is C21H32N4O3. The topological polar surface area (TPSA) is 65.1 Å². The van der Waals surface area contributed by atoms with E-state index in [2.05, 4.69) is 17.1 Å². The number of nitrogens with zero attached hydrogens (tertiary/aromatic N) is 3. The summed E-state index contributed by atoms with van der Waals surface area (Å²) in [6.07, 6.45) is 3.14. The minimum atomic E-state index is -0.115. The number of piperazine rings is 1. The average molecular weight is 389 g/mol. The molecule has 0 aromatic heterocycles. The first-order valence-electron chi connectivity index (χ1n) is 10.4. The predicted molar refractivity (Wildman–Crippen MR) is 110 cm³/mol. The Labute approximate surface area is 167 Å². The van der Waals surface area contributed by atoms with Crippen LogP contribution in [0.1, 0.15) is 31.7 Å². The van der Waals surface area contributed by atoms with Crippen LogP contribution >= 0.6 is 0 Å². The average Bonchev–Trinajstić information content (AvgIpc) is 3.23. The predicted octanol–water partition coefficient (Wildman–Crippen LogP) is 2.56. The van der Waals surface area contributed by atoms with Crippen LogP contribution in [0.5, 0.6) is 5.75 Å². The number of hydrogen-bond donors (Lipinski definition) is 1. The molecule has 2 aliphatic rings. The number of rotatable bonds is 6. The molecule has 2 fully saturated rings. The highest BCUT2D eigenvalue weighted by atomic mass is 16.5. The number of carbonyl (C=O) groups is 2. The molecule has 1 aromatic rings. The van der Waals surface area contributed by atoms with E-state index >= 15 is 0 Å². The first-order chi connectivity index (χ1) is 13.6. The lowest BCUT2D eigenvalue weighted by Crippen LogP contribution is -2.52. The lowest BCUT2D eigenvalue weighted by atomic mass is 10.2.